The molecular weight excluding hydrogens is 266 g/mol. The third-order valence-corrected chi connectivity index (χ3v) is 2.85. The number of rotatable bonds is 7. The van der Waals surface area contributed by atoms with Gasteiger partial charge >= 0.3 is 0 Å². The lowest BCUT2D eigenvalue weighted by Gasteiger charge is -2.08. The second kappa shape index (κ2) is 7.75. The third-order valence-electron chi connectivity index (χ3n) is 2.85. The van der Waals surface area contributed by atoms with Gasteiger partial charge in [0.1, 0.15) is 23.4 Å². The van der Waals surface area contributed by atoms with Crippen LogP contribution >= 0.6 is 0 Å². The van der Waals surface area contributed by atoms with Crippen molar-refractivity contribution in [2.24, 2.45) is 0 Å². The van der Waals surface area contributed by atoms with Crippen molar-refractivity contribution < 1.29 is 9.47 Å². The minimum absolute atomic E-state index is 0.559. The van der Waals surface area contributed by atoms with Crippen LogP contribution in [0, 0.1) is 11.3 Å². The van der Waals surface area contributed by atoms with E-state index in [2.05, 4.69) is 10.3 Å². The topological polar surface area (TPSA) is 67.2 Å². The first-order chi connectivity index (χ1) is 10.3. The molecule has 0 bridgehead atoms. The maximum Gasteiger partial charge on any atom is 0.125 e. The molecule has 2 rings (SSSR count). The normalized spacial score (nSPS) is 9.71. The van der Waals surface area contributed by atoms with E-state index < -0.39 is 0 Å². The predicted molar refractivity (Wildman–Crippen MR) is 80.5 cm³/mol. The first kappa shape index (κ1) is 14.7. The van der Waals surface area contributed by atoms with Crippen molar-refractivity contribution in [2.75, 3.05) is 25.6 Å². The molecule has 0 saturated heterocycles. The van der Waals surface area contributed by atoms with Gasteiger partial charge in [-0.25, -0.2) is 4.98 Å². The average Bonchev–Trinajstić information content (AvgIpc) is 2.55. The molecule has 0 spiro atoms. The van der Waals surface area contributed by atoms with Gasteiger partial charge in [0.15, 0.2) is 0 Å². The van der Waals surface area contributed by atoms with Crippen molar-refractivity contribution >= 4 is 5.82 Å². The number of hydrogen-bond donors (Lipinski definition) is 1. The molecule has 0 fully saturated rings. The number of benzene rings is 1. The largest absolute Gasteiger partial charge is 0.497 e. The smallest absolute Gasteiger partial charge is 0.125 e. The Kier molecular flexibility index (Phi) is 5.41. The average molecular weight is 283 g/mol. The highest BCUT2D eigenvalue weighted by Gasteiger charge is 1.97. The fourth-order valence-electron chi connectivity index (χ4n) is 1.72. The van der Waals surface area contributed by atoms with Crippen molar-refractivity contribution in [2.45, 2.75) is 6.42 Å². The molecule has 2 aromatic rings. The molecule has 1 heterocycles. The summed E-state index contributed by atoms with van der Waals surface area (Å²) in [5, 5.41) is 11.9. The molecule has 0 amide bonds. The van der Waals surface area contributed by atoms with Gasteiger partial charge in [-0.3, -0.25) is 0 Å². The number of anilines is 1. The molecule has 1 N–H and O–H groups in total. The second-order valence-electron chi connectivity index (χ2n) is 4.35. The van der Waals surface area contributed by atoms with E-state index in [1.54, 1.807) is 25.4 Å². The van der Waals surface area contributed by atoms with Crippen LogP contribution in [0.15, 0.2) is 42.6 Å². The minimum Gasteiger partial charge on any atom is -0.497 e. The lowest BCUT2D eigenvalue weighted by Crippen LogP contribution is -2.08. The van der Waals surface area contributed by atoms with Gasteiger partial charge in [-0.05, 0) is 42.8 Å². The molecule has 0 atom stereocenters. The molecule has 0 aliphatic carbocycles. The SMILES string of the molecule is COc1ccc(OCCCNc2ccc(C#N)cn2)cc1. The third kappa shape index (κ3) is 4.69. The van der Waals surface area contributed by atoms with E-state index in [9.17, 15) is 0 Å². The summed E-state index contributed by atoms with van der Waals surface area (Å²) >= 11 is 0. The molecule has 0 saturated carbocycles. The molecule has 1 aromatic heterocycles. The lowest BCUT2D eigenvalue weighted by atomic mass is 10.3. The lowest BCUT2D eigenvalue weighted by molar-refractivity contribution is 0.314. The maximum absolute atomic E-state index is 8.68. The van der Waals surface area contributed by atoms with E-state index in [1.165, 1.54) is 0 Å². The number of pyridine rings is 1. The summed E-state index contributed by atoms with van der Waals surface area (Å²) in [6, 6.07) is 13.1. The molecule has 0 radical (unpaired) electrons. The van der Waals surface area contributed by atoms with Crippen molar-refractivity contribution in [3.05, 3.63) is 48.2 Å². The first-order valence-corrected chi connectivity index (χ1v) is 6.68. The van der Waals surface area contributed by atoms with Gasteiger partial charge in [0.2, 0.25) is 0 Å². The van der Waals surface area contributed by atoms with Gasteiger partial charge in [-0.2, -0.15) is 5.26 Å². The molecule has 0 aliphatic rings. The van der Waals surface area contributed by atoms with Gasteiger partial charge in [-0.1, -0.05) is 0 Å². The Balaban J connectivity index is 1.66. The van der Waals surface area contributed by atoms with Gasteiger partial charge in [0.25, 0.3) is 0 Å². The number of nitrogens with zero attached hydrogens (tertiary/aromatic N) is 2. The Bertz CT molecular complexity index is 588. The number of nitriles is 1. The van der Waals surface area contributed by atoms with E-state index in [4.69, 9.17) is 14.7 Å². The Morgan fingerprint density at radius 1 is 1.14 bits per heavy atom. The zero-order chi connectivity index (χ0) is 14.9. The molecule has 1 aromatic carbocycles. The van der Waals surface area contributed by atoms with Crippen molar-refractivity contribution in [3.63, 3.8) is 0 Å². The number of hydrogen-bond acceptors (Lipinski definition) is 5. The first-order valence-electron chi connectivity index (χ1n) is 6.68. The van der Waals surface area contributed by atoms with Gasteiger partial charge in [0.05, 0.1) is 19.3 Å². The van der Waals surface area contributed by atoms with Crippen LogP contribution in [-0.2, 0) is 0 Å². The number of aromatic nitrogens is 1. The molecule has 5 heteroatoms. The van der Waals surface area contributed by atoms with Gasteiger partial charge in [0, 0.05) is 12.7 Å². The van der Waals surface area contributed by atoms with E-state index >= 15 is 0 Å². The van der Waals surface area contributed by atoms with E-state index in [0.717, 1.165) is 30.3 Å². The van der Waals surface area contributed by atoms with E-state index in [0.29, 0.717) is 12.2 Å². The fraction of sp³-hybridized carbons (Fsp3) is 0.250. The Hall–Kier alpha value is -2.74. The number of nitrogens with one attached hydrogen (secondary N) is 1. The van der Waals surface area contributed by atoms with Crippen LogP contribution in [0.3, 0.4) is 0 Å². The van der Waals surface area contributed by atoms with Crippen LogP contribution in [0.4, 0.5) is 5.82 Å². The summed E-state index contributed by atoms with van der Waals surface area (Å²) in [4.78, 5) is 4.14. The van der Waals surface area contributed by atoms with Crippen molar-refractivity contribution in [1.29, 1.82) is 5.26 Å². The van der Waals surface area contributed by atoms with Crippen LogP contribution in [0.5, 0.6) is 11.5 Å². The summed E-state index contributed by atoms with van der Waals surface area (Å²) in [6.45, 7) is 1.38. The second-order valence-corrected chi connectivity index (χ2v) is 4.35. The Morgan fingerprint density at radius 2 is 1.90 bits per heavy atom. The summed E-state index contributed by atoms with van der Waals surface area (Å²) in [5.74, 6) is 2.40. The standard InChI is InChI=1S/C16H17N3O2/c1-20-14-4-6-15(7-5-14)21-10-2-9-18-16-8-3-13(11-17)12-19-16/h3-8,12H,2,9-10H2,1H3,(H,18,19). The Morgan fingerprint density at radius 3 is 2.52 bits per heavy atom. The highest BCUT2D eigenvalue weighted by atomic mass is 16.5. The quantitative estimate of drug-likeness (QED) is 0.791. The Labute approximate surface area is 124 Å². The van der Waals surface area contributed by atoms with Crippen LogP contribution in [0.1, 0.15) is 12.0 Å². The van der Waals surface area contributed by atoms with Gasteiger partial charge < -0.3 is 14.8 Å². The molecule has 0 aliphatic heterocycles. The maximum atomic E-state index is 8.68. The van der Waals surface area contributed by atoms with E-state index in [1.807, 2.05) is 30.3 Å². The van der Waals surface area contributed by atoms with Crippen molar-refractivity contribution in [3.8, 4) is 17.6 Å². The fourth-order valence-corrected chi connectivity index (χ4v) is 1.72. The zero-order valence-electron chi connectivity index (χ0n) is 11.9. The van der Waals surface area contributed by atoms with Gasteiger partial charge in [-0.15, -0.1) is 0 Å². The van der Waals surface area contributed by atoms with Crippen molar-refractivity contribution in [1.82, 2.24) is 4.98 Å². The predicted octanol–water partition coefficient (Wildman–Crippen LogP) is 2.84. The summed E-state index contributed by atoms with van der Waals surface area (Å²) in [7, 11) is 1.64. The summed E-state index contributed by atoms with van der Waals surface area (Å²) < 4.78 is 10.7. The molecular formula is C16H17N3O2. The van der Waals surface area contributed by atoms with Crippen LogP contribution in [-0.4, -0.2) is 25.2 Å². The molecule has 0 unspecified atom stereocenters. The van der Waals surface area contributed by atoms with E-state index in [-0.39, 0.29) is 0 Å². The zero-order valence-corrected chi connectivity index (χ0v) is 11.9. The molecule has 5 nitrogen and oxygen atoms in total. The highest BCUT2D eigenvalue weighted by Crippen LogP contribution is 2.17. The monoisotopic (exact) mass is 283 g/mol. The number of methoxy groups -OCH3 is 1. The molecule has 21 heavy (non-hydrogen) atoms. The minimum atomic E-state index is 0.559. The van der Waals surface area contributed by atoms with Crippen LogP contribution in [0.25, 0.3) is 0 Å². The molecule has 108 valence electrons. The van der Waals surface area contributed by atoms with Crippen LogP contribution in [0.2, 0.25) is 0 Å². The van der Waals surface area contributed by atoms with Crippen LogP contribution < -0.4 is 14.8 Å². The summed E-state index contributed by atoms with van der Waals surface area (Å²) in [6.07, 6.45) is 2.41. The number of ether oxygens (including phenoxy) is 2. The highest BCUT2D eigenvalue weighted by molar-refractivity contribution is 5.38. The summed E-state index contributed by atoms with van der Waals surface area (Å²) in [5.41, 5.74) is 0.559.